The number of hydrogen-bond acceptors (Lipinski definition) is 7. The predicted molar refractivity (Wildman–Crippen MR) is 154 cm³/mol. The van der Waals surface area contributed by atoms with Gasteiger partial charge in [0.25, 0.3) is 0 Å². The minimum absolute atomic E-state index is 0.0193. The predicted octanol–water partition coefficient (Wildman–Crippen LogP) is -0.146. The third-order valence-electron chi connectivity index (χ3n) is 6.70. The van der Waals surface area contributed by atoms with E-state index in [2.05, 4.69) is 30.9 Å². The van der Waals surface area contributed by atoms with Gasteiger partial charge < -0.3 is 42.5 Å². The Labute approximate surface area is 242 Å². The van der Waals surface area contributed by atoms with E-state index in [0.717, 1.165) is 10.9 Å². The molecule has 2 aromatic heterocycles. The number of aromatic nitrogens is 3. The molecule has 0 saturated carbocycles. The Kier molecular flexibility index (Phi) is 11.2. The summed E-state index contributed by atoms with van der Waals surface area (Å²) in [6.07, 6.45) is 4.62. The van der Waals surface area contributed by atoms with Crippen molar-refractivity contribution in [3.63, 3.8) is 0 Å². The van der Waals surface area contributed by atoms with Gasteiger partial charge in [0.15, 0.2) is 0 Å². The fourth-order valence-electron chi connectivity index (χ4n) is 4.53. The van der Waals surface area contributed by atoms with E-state index >= 15 is 0 Å². The summed E-state index contributed by atoms with van der Waals surface area (Å²) in [5, 5.41) is 18.2. The normalized spacial score (nSPS) is 14.1. The average Bonchev–Trinajstić information content (AvgIpc) is 3.59. The van der Waals surface area contributed by atoms with Gasteiger partial charge in [-0.1, -0.05) is 32.0 Å². The maximum absolute atomic E-state index is 13.5. The first-order chi connectivity index (χ1) is 19.9. The van der Waals surface area contributed by atoms with Crippen LogP contribution in [0.25, 0.3) is 10.9 Å². The van der Waals surface area contributed by atoms with Crippen molar-refractivity contribution in [2.75, 3.05) is 0 Å². The van der Waals surface area contributed by atoms with Crippen LogP contribution in [-0.4, -0.2) is 73.8 Å². The van der Waals surface area contributed by atoms with Crippen LogP contribution in [0.3, 0.4) is 0 Å². The lowest BCUT2D eigenvalue weighted by atomic mass is 10.0. The lowest BCUT2D eigenvalue weighted by molar-refractivity contribution is -0.142. The molecule has 0 aliphatic rings. The number of hydrogen-bond donors (Lipinski definition) is 8. The Morgan fingerprint density at radius 3 is 2.24 bits per heavy atom. The number of rotatable bonds is 16. The van der Waals surface area contributed by atoms with Crippen LogP contribution in [0, 0.1) is 5.92 Å². The Balaban J connectivity index is 1.83. The van der Waals surface area contributed by atoms with Gasteiger partial charge in [0.05, 0.1) is 12.4 Å². The van der Waals surface area contributed by atoms with Crippen LogP contribution in [0.1, 0.15) is 44.4 Å². The van der Waals surface area contributed by atoms with Crippen LogP contribution >= 0.6 is 0 Å². The first-order valence-electron chi connectivity index (χ1n) is 13.6. The number of carboxylic acids is 1. The topological polar surface area (TPSA) is 238 Å². The molecule has 0 saturated heterocycles. The number of carbonyl (C=O) groups excluding carboxylic acids is 4. The van der Waals surface area contributed by atoms with Crippen molar-refractivity contribution in [3.8, 4) is 0 Å². The molecule has 14 nitrogen and oxygen atoms in total. The van der Waals surface area contributed by atoms with Crippen molar-refractivity contribution < 1.29 is 29.1 Å². The number of imidazole rings is 1. The standard InChI is InChI=1S/C28H38N8O6/c1-15(2)9-23(28(41)42)36-27(40)22(10-16-12-32-20-6-4-3-5-18(16)20)35-26(39)21(7-8-24(30)37)34-25(38)19(29)11-17-13-31-14-33-17/h3-6,12-15,19,21-23,32H,7-11,29H2,1-2H3,(H2,30,37)(H,31,33)(H,34,38)(H,35,39)(H,36,40)(H,41,42). The number of fused-ring (bicyclic) bond motifs is 1. The third kappa shape index (κ3) is 9.16. The highest BCUT2D eigenvalue weighted by Crippen LogP contribution is 2.19. The van der Waals surface area contributed by atoms with Gasteiger partial charge in [-0.3, -0.25) is 19.2 Å². The van der Waals surface area contributed by atoms with Crippen LogP contribution in [0.4, 0.5) is 0 Å². The number of aromatic amines is 2. The fraction of sp³-hybridized carbons (Fsp3) is 0.429. The molecule has 0 aliphatic heterocycles. The van der Waals surface area contributed by atoms with Crippen molar-refractivity contribution in [1.29, 1.82) is 0 Å². The Morgan fingerprint density at radius 2 is 1.60 bits per heavy atom. The Bertz CT molecular complexity index is 1390. The summed E-state index contributed by atoms with van der Waals surface area (Å²) < 4.78 is 0. The van der Waals surface area contributed by atoms with Gasteiger partial charge >= 0.3 is 5.97 Å². The summed E-state index contributed by atoms with van der Waals surface area (Å²) in [6, 6.07) is 2.72. The molecule has 0 spiro atoms. The van der Waals surface area contributed by atoms with E-state index in [1.807, 2.05) is 38.1 Å². The van der Waals surface area contributed by atoms with Crippen LogP contribution in [0.2, 0.25) is 0 Å². The molecule has 0 aliphatic carbocycles. The molecule has 42 heavy (non-hydrogen) atoms. The SMILES string of the molecule is CC(C)CC(NC(=O)C(Cc1c[nH]c2ccccc12)NC(=O)C(CCC(N)=O)NC(=O)C(N)Cc1cnc[nH]1)C(=O)O. The summed E-state index contributed by atoms with van der Waals surface area (Å²) in [5.41, 5.74) is 13.5. The van der Waals surface area contributed by atoms with Crippen LogP contribution < -0.4 is 27.4 Å². The Morgan fingerprint density at radius 1 is 0.929 bits per heavy atom. The summed E-state index contributed by atoms with van der Waals surface area (Å²) in [5.74, 6) is -4.03. The number of nitrogens with two attached hydrogens (primary N) is 2. The zero-order chi connectivity index (χ0) is 30.8. The first kappa shape index (κ1) is 31.8. The van der Waals surface area contributed by atoms with Crippen LogP contribution in [-0.2, 0) is 36.8 Å². The maximum atomic E-state index is 13.5. The quantitative estimate of drug-likeness (QED) is 0.113. The third-order valence-corrected chi connectivity index (χ3v) is 6.70. The zero-order valence-corrected chi connectivity index (χ0v) is 23.6. The lowest BCUT2D eigenvalue weighted by Crippen LogP contribution is -2.58. The number of benzene rings is 1. The van der Waals surface area contributed by atoms with E-state index in [4.69, 9.17) is 11.5 Å². The number of carboxylic acid groups (broad SMARTS) is 1. The van der Waals surface area contributed by atoms with Crippen molar-refractivity contribution in [2.24, 2.45) is 17.4 Å². The van der Waals surface area contributed by atoms with E-state index in [1.165, 1.54) is 12.5 Å². The molecule has 0 fully saturated rings. The van der Waals surface area contributed by atoms with Gasteiger partial charge in [0, 0.05) is 48.3 Å². The molecule has 3 rings (SSSR count). The van der Waals surface area contributed by atoms with E-state index in [9.17, 15) is 29.1 Å². The molecular weight excluding hydrogens is 544 g/mol. The number of amides is 4. The highest BCUT2D eigenvalue weighted by Gasteiger charge is 2.31. The van der Waals surface area contributed by atoms with E-state index < -0.39 is 53.8 Å². The number of aliphatic carboxylic acids is 1. The summed E-state index contributed by atoms with van der Waals surface area (Å²) in [7, 11) is 0. The first-order valence-corrected chi connectivity index (χ1v) is 13.6. The maximum Gasteiger partial charge on any atom is 0.326 e. The average molecular weight is 583 g/mol. The summed E-state index contributed by atoms with van der Waals surface area (Å²) in [6.45, 7) is 3.66. The molecule has 4 atom stereocenters. The molecule has 1 aromatic carbocycles. The Hall–Kier alpha value is -4.72. The molecule has 14 heteroatoms. The van der Waals surface area contributed by atoms with Gasteiger partial charge in [0.1, 0.15) is 18.1 Å². The van der Waals surface area contributed by atoms with Crippen molar-refractivity contribution in [3.05, 3.63) is 54.2 Å². The molecule has 3 aromatic rings. The van der Waals surface area contributed by atoms with Crippen molar-refractivity contribution >= 4 is 40.5 Å². The summed E-state index contributed by atoms with van der Waals surface area (Å²) in [4.78, 5) is 73.0. The minimum atomic E-state index is -1.25. The molecule has 10 N–H and O–H groups in total. The molecule has 2 heterocycles. The number of nitrogens with one attached hydrogen (secondary N) is 5. The lowest BCUT2D eigenvalue weighted by Gasteiger charge is -2.25. The largest absolute Gasteiger partial charge is 0.480 e. The van der Waals surface area contributed by atoms with Crippen LogP contribution in [0.15, 0.2) is 43.0 Å². The van der Waals surface area contributed by atoms with Crippen molar-refractivity contribution in [1.82, 2.24) is 30.9 Å². The molecule has 0 radical (unpaired) electrons. The molecule has 4 amide bonds. The second-order valence-electron chi connectivity index (χ2n) is 10.6. The second kappa shape index (κ2) is 14.8. The van der Waals surface area contributed by atoms with Gasteiger partial charge in [0.2, 0.25) is 23.6 Å². The monoisotopic (exact) mass is 582 g/mol. The number of primary amides is 1. The zero-order valence-electron chi connectivity index (χ0n) is 23.6. The van der Waals surface area contributed by atoms with Crippen molar-refractivity contribution in [2.45, 2.75) is 70.1 Å². The van der Waals surface area contributed by atoms with Gasteiger partial charge in [-0.15, -0.1) is 0 Å². The number of H-pyrrole nitrogens is 2. The second-order valence-corrected chi connectivity index (χ2v) is 10.6. The van der Waals surface area contributed by atoms with Gasteiger partial charge in [-0.05, 0) is 30.4 Å². The highest BCUT2D eigenvalue weighted by molar-refractivity contribution is 5.95. The highest BCUT2D eigenvalue weighted by atomic mass is 16.4. The number of nitrogens with zero attached hydrogens (tertiary/aromatic N) is 1. The number of carbonyl (C=O) groups is 5. The fourth-order valence-corrected chi connectivity index (χ4v) is 4.53. The van der Waals surface area contributed by atoms with Gasteiger partial charge in [-0.2, -0.15) is 0 Å². The van der Waals surface area contributed by atoms with E-state index in [-0.39, 0.29) is 38.0 Å². The minimum Gasteiger partial charge on any atom is -0.480 e. The molecule has 4 unspecified atom stereocenters. The number of para-hydroxylation sites is 1. The van der Waals surface area contributed by atoms with Gasteiger partial charge in [-0.25, -0.2) is 9.78 Å². The smallest absolute Gasteiger partial charge is 0.326 e. The molecular formula is C28H38N8O6. The molecule has 0 bridgehead atoms. The van der Waals surface area contributed by atoms with E-state index in [0.29, 0.717) is 11.3 Å². The molecule has 226 valence electrons. The van der Waals surface area contributed by atoms with Crippen LogP contribution in [0.5, 0.6) is 0 Å². The summed E-state index contributed by atoms with van der Waals surface area (Å²) >= 11 is 0. The van der Waals surface area contributed by atoms with E-state index in [1.54, 1.807) is 6.20 Å².